The molecule has 0 amide bonds. The highest BCUT2D eigenvalue weighted by Crippen LogP contribution is 2.07. The molecule has 102 valence electrons. The third-order valence-electron chi connectivity index (χ3n) is 3.25. The van der Waals surface area contributed by atoms with Crippen LogP contribution in [-0.4, -0.2) is 60.8 Å². The first-order valence-electron chi connectivity index (χ1n) is 6.93. The zero-order chi connectivity index (χ0) is 12.3. The Kier molecular flexibility index (Phi) is 9.16. The van der Waals surface area contributed by atoms with Crippen LogP contribution >= 0.6 is 11.8 Å². The van der Waals surface area contributed by atoms with Crippen LogP contribution in [0.2, 0.25) is 0 Å². The van der Waals surface area contributed by atoms with Crippen molar-refractivity contribution < 1.29 is 5.11 Å². The molecule has 0 aliphatic carbocycles. The number of nitrogens with one attached hydrogen (secondary N) is 1. The van der Waals surface area contributed by atoms with Crippen molar-refractivity contribution in [3.8, 4) is 0 Å². The smallest absolute Gasteiger partial charge is 0.0791 e. The molecule has 0 saturated carbocycles. The molecule has 17 heavy (non-hydrogen) atoms. The molecule has 1 aliphatic rings. The van der Waals surface area contributed by atoms with Crippen LogP contribution < -0.4 is 5.32 Å². The van der Waals surface area contributed by atoms with Gasteiger partial charge in [0, 0.05) is 13.1 Å². The molecule has 1 aliphatic heterocycles. The van der Waals surface area contributed by atoms with E-state index in [0.717, 1.165) is 19.6 Å². The summed E-state index contributed by atoms with van der Waals surface area (Å²) in [6.45, 7) is 4.99. The van der Waals surface area contributed by atoms with Gasteiger partial charge in [0.2, 0.25) is 0 Å². The van der Waals surface area contributed by atoms with Gasteiger partial charge in [-0.05, 0) is 57.3 Å². The van der Waals surface area contributed by atoms with Gasteiger partial charge in [-0.15, -0.1) is 0 Å². The van der Waals surface area contributed by atoms with Crippen LogP contribution in [-0.2, 0) is 0 Å². The predicted molar refractivity (Wildman–Crippen MR) is 76.8 cm³/mol. The third-order valence-corrected chi connectivity index (χ3v) is 3.95. The number of hydrogen-bond acceptors (Lipinski definition) is 4. The van der Waals surface area contributed by atoms with Crippen molar-refractivity contribution in [1.82, 2.24) is 10.2 Å². The lowest BCUT2D eigenvalue weighted by molar-refractivity contribution is 0.123. The second kappa shape index (κ2) is 10.2. The molecule has 0 radical (unpaired) electrons. The molecular formula is C13H28N2OS. The summed E-state index contributed by atoms with van der Waals surface area (Å²) in [7, 11) is 0. The standard InChI is InChI=1S/C13H28N2OS/c1-17-10-6-2-3-7-14-11-13(16)12-15-8-4-5-9-15/h13-14,16H,2-12H2,1H3. The molecule has 0 aromatic heterocycles. The molecule has 0 aromatic rings. The molecule has 0 spiro atoms. The summed E-state index contributed by atoms with van der Waals surface area (Å²) < 4.78 is 0. The van der Waals surface area contributed by atoms with E-state index < -0.39 is 0 Å². The van der Waals surface area contributed by atoms with Gasteiger partial charge in [-0.1, -0.05) is 6.42 Å². The SMILES string of the molecule is CSCCCCCNCC(O)CN1CCCC1. The normalized spacial score (nSPS) is 18.7. The summed E-state index contributed by atoms with van der Waals surface area (Å²) in [5.41, 5.74) is 0. The Balaban J connectivity index is 1.84. The van der Waals surface area contributed by atoms with Crippen LogP contribution in [0.15, 0.2) is 0 Å². The van der Waals surface area contributed by atoms with Gasteiger partial charge in [0.25, 0.3) is 0 Å². The Morgan fingerprint density at radius 1 is 1.24 bits per heavy atom. The second-order valence-electron chi connectivity index (χ2n) is 4.92. The third kappa shape index (κ3) is 8.03. The molecule has 4 heteroatoms. The van der Waals surface area contributed by atoms with E-state index in [4.69, 9.17) is 0 Å². The van der Waals surface area contributed by atoms with Crippen molar-refractivity contribution in [3.63, 3.8) is 0 Å². The van der Waals surface area contributed by atoms with Crippen LogP contribution in [0.5, 0.6) is 0 Å². The van der Waals surface area contributed by atoms with Crippen molar-refractivity contribution in [2.75, 3.05) is 44.7 Å². The Bertz CT molecular complexity index is 175. The largest absolute Gasteiger partial charge is 0.390 e. The minimum absolute atomic E-state index is 0.195. The number of nitrogens with zero attached hydrogens (tertiary/aromatic N) is 1. The number of hydrogen-bond donors (Lipinski definition) is 2. The maximum Gasteiger partial charge on any atom is 0.0791 e. The second-order valence-corrected chi connectivity index (χ2v) is 5.90. The lowest BCUT2D eigenvalue weighted by Gasteiger charge is -2.19. The molecule has 0 aromatic carbocycles. The fourth-order valence-corrected chi connectivity index (χ4v) is 2.76. The minimum Gasteiger partial charge on any atom is -0.390 e. The number of aliphatic hydroxyl groups excluding tert-OH is 1. The highest BCUT2D eigenvalue weighted by molar-refractivity contribution is 7.98. The van der Waals surface area contributed by atoms with Gasteiger partial charge in [-0.2, -0.15) is 11.8 Å². The van der Waals surface area contributed by atoms with E-state index in [-0.39, 0.29) is 6.10 Å². The Morgan fingerprint density at radius 2 is 2.00 bits per heavy atom. The average Bonchev–Trinajstić information content (AvgIpc) is 2.80. The van der Waals surface area contributed by atoms with Crippen molar-refractivity contribution in [1.29, 1.82) is 0 Å². The maximum atomic E-state index is 9.84. The number of thioether (sulfide) groups is 1. The van der Waals surface area contributed by atoms with Crippen molar-refractivity contribution in [2.24, 2.45) is 0 Å². The zero-order valence-electron chi connectivity index (χ0n) is 11.2. The molecule has 1 saturated heterocycles. The molecule has 1 unspecified atom stereocenters. The van der Waals surface area contributed by atoms with E-state index in [1.807, 2.05) is 11.8 Å². The van der Waals surface area contributed by atoms with Crippen molar-refractivity contribution >= 4 is 11.8 Å². The maximum absolute atomic E-state index is 9.84. The van der Waals surface area contributed by atoms with Gasteiger partial charge < -0.3 is 15.3 Å². The van der Waals surface area contributed by atoms with Gasteiger partial charge >= 0.3 is 0 Å². The molecule has 1 fully saturated rings. The molecule has 0 bridgehead atoms. The summed E-state index contributed by atoms with van der Waals surface area (Å²) >= 11 is 1.92. The number of rotatable bonds is 10. The Labute approximate surface area is 110 Å². The topological polar surface area (TPSA) is 35.5 Å². The quantitative estimate of drug-likeness (QED) is 0.585. The number of likely N-dealkylation sites (tertiary alicyclic amines) is 1. The summed E-state index contributed by atoms with van der Waals surface area (Å²) in [6.07, 6.45) is 8.42. The lowest BCUT2D eigenvalue weighted by Crippen LogP contribution is -2.37. The summed E-state index contributed by atoms with van der Waals surface area (Å²) in [4.78, 5) is 2.37. The first-order chi connectivity index (χ1) is 8.33. The first kappa shape index (κ1) is 15.3. The fraction of sp³-hybridized carbons (Fsp3) is 1.00. The van der Waals surface area contributed by atoms with Gasteiger partial charge in [0.05, 0.1) is 6.10 Å². The molecular weight excluding hydrogens is 232 g/mol. The van der Waals surface area contributed by atoms with Crippen LogP contribution in [0.3, 0.4) is 0 Å². The van der Waals surface area contributed by atoms with Crippen molar-refractivity contribution in [3.05, 3.63) is 0 Å². The number of unbranched alkanes of at least 4 members (excludes halogenated alkanes) is 2. The minimum atomic E-state index is -0.195. The Morgan fingerprint density at radius 3 is 2.71 bits per heavy atom. The predicted octanol–water partition coefficient (Wildman–Crippen LogP) is 1.57. The van der Waals surface area contributed by atoms with Crippen LogP contribution in [0, 0.1) is 0 Å². The first-order valence-corrected chi connectivity index (χ1v) is 8.32. The van der Waals surface area contributed by atoms with E-state index in [1.165, 1.54) is 50.9 Å². The van der Waals surface area contributed by atoms with Gasteiger partial charge in [-0.3, -0.25) is 0 Å². The summed E-state index contributed by atoms with van der Waals surface area (Å²) in [6, 6.07) is 0. The zero-order valence-corrected chi connectivity index (χ0v) is 12.0. The molecule has 1 rings (SSSR count). The van der Waals surface area contributed by atoms with Crippen molar-refractivity contribution in [2.45, 2.75) is 38.2 Å². The molecule has 1 heterocycles. The van der Waals surface area contributed by atoms with E-state index >= 15 is 0 Å². The van der Waals surface area contributed by atoms with E-state index in [9.17, 15) is 5.11 Å². The lowest BCUT2D eigenvalue weighted by atomic mass is 10.2. The summed E-state index contributed by atoms with van der Waals surface area (Å²) in [5, 5.41) is 13.2. The molecule has 2 N–H and O–H groups in total. The van der Waals surface area contributed by atoms with Gasteiger partial charge in [0.15, 0.2) is 0 Å². The van der Waals surface area contributed by atoms with Crippen LogP contribution in [0.1, 0.15) is 32.1 Å². The van der Waals surface area contributed by atoms with Crippen LogP contribution in [0.4, 0.5) is 0 Å². The van der Waals surface area contributed by atoms with Gasteiger partial charge in [0.1, 0.15) is 0 Å². The molecule has 1 atom stereocenters. The van der Waals surface area contributed by atoms with Gasteiger partial charge in [-0.25, -0.2) is 0 Å². The number of aliphatic hydroxyl groups is 1. The highest BCUT2D eigenvalue weighted by Gasteiger charge is 2.14. The fourth-order valence-electron chi connectivity index (χ4n) is 2.27. The number of β-amino-alcohol motifs (C(OH)–C–C–N with tert-alkyl or cyclic N) is 1. The Hall–Kier alpha value is 0.230. The highest BCUT2D eigenvalue weighted by atomic mass is 32.2. The van der Waals surface area contributed by atoms with E-state index in [0.29, 0.717) is 0 Å². The van der Waals surface area contributed by atoms with Crippen LogP contribution in [0.25, 0.3) is 0 Å². The van der Waals surface area contributed by atoms with E-state index in [2.05, 4.69) is 16.5 Å². The van der Waals surface area contributed by atoms with E-state index in [1.54, 1.807) is 0 Å². The average molecular weight is 260 g/mol. The molecule has 3 nitrogen and oxygen atoms in total. The monoisotopic (exact) mass is 260 g/mol. The summed E-state index contributed by atoms with van der Waals surface area (Å²) in [5.74, 6) is 1.28.